The first-order valence-corrected chi connectivity index (χ1v) is 12.8. The summed E-state index contributed by atoms with van der Waals surface area (Å²) in [6.45, 7) is 0.931. The third-order valence-electron chi connectivity index (χ3n) is 6.35. The van der Waals surface area contributed by atoms with Gasteiger partial charge in [0.15, 0.2) is 0 Å². The van der Waals surface area contributed by atoms with Crippen molar-refractivity contribution in [3.63, 3.8) is 0 Å². The molecule has 0 atom stereocenters. The monoisotopic (exact) mass is 507 g/mol. The third-order valence-corrected chi connectivity index (χ3v) is 8.38. The molecule has 1 amide bonds. The van der Waals surface area contributed by atoms with Crippen molar-refractivity contribution in [3.05, 3.63) is 105 Å². The van der Waals surface area contributed by atoms with E-state index in [1.807, 2.05) is 24.3 Å². The third kappa shape index (κ3) is 4.19. The van der Waals surface area contributed by atoms with E-state index in [0.717, 1.165) is 9.87 Å². The predicted molar refractivity (Wildman–Crippen MR) is 136 cm³/mol. The highest BCUT2D eigenvalue weighted by Gasteiger charge is 2.26. The molecule has 0 spiro atoms. The first-order valence-electron chi connectivity index (χ1n) is 11.0. The standard InChI is InChI=1S/C26H22ClN3O4S/c1-29(20-8-6-19(27)7-9-20)35(33,34)21-10-11-24-22(14-21)25(31)23(15-28-24)26(32)30-13-12-17-4-2-3-5-18(17)16-30/h2-11,14-15H,12-13,16H2,1H3,(H,28,31). The lowest BCUT2D eigenvalue weighted by Crippen LogP contribution is -2.38. The van der Waals surface area contributed by atoms with E-state index >= 15 is 0 Å². The summed E-state index contributed by atoms with van der Waals surface area (Å²) in [5.41, 5.74) is 2.61. The Labute approximate surface area is 207 Å². The predicted octanol–water partition coefficient (Wildman–Crippen LogP) is 4.21. The molecule has 0 bridgehead atoms. The molecule has 0 unspecified atom stereocenters. The van der Waals surface area contributed by atoms with Crippen LogP contribution in [0.3, 0.4) is 0 Å². The van der Waals surface area contributed by atoms with Crippen molar-refractivity contribution in [2.45, 2.75) is 17.9 Å². The molecule has 178 valence electrons. The molecule has 7 nitrogen and oxygen atoms in total. The first kappa shape index (κ1) is 23.1. The van der Waals surface area contributed by atoms with Crippen LogP contribution in [0.5, 0.6) is 0 Å². The Morgan fingerprint density at radius 1 is 1.03 bits per heavy atom. The summed E-state index contributed by atoms with van der Waals surface area (Å²) in [5, 5.41) is 0.630. The zero-order valence-electron chi connectivity index (χ0n) is 18.9. The topological polar surface area (TPSA) is 90.6 Å². The van der Waals surface area contributed by atoms with Gasteiger partial charge in [0, 0.05) is 42.3 Å². The minimum absolute atomic E-state index is 0.0162. The summed E-state index contributed by atoms with van der Waals surface area (Å²) in [4.78, 5) is 31.1. The van der Waals surface area contributed by atoms with E-state index in [2.05, 4.69) is 4.98 Å². The molecule has 0 saturated carbocycles. The quantitative estimate of drug-likeness (QED) is 0.448. The Bertz CT molecular complexity index is 1610. The number of anilines is 1. The number of sulfonamides is 1. The molecule has 0 aliphatic carbocycles. The molecule has 2 heterocycles. The number of aromatic amines is 1. The Morgan fingerprint density at radius 2 is 1.74 bits per heavy atom. The van der Waals surface area contributed by atoms with E-state index in [0.29, 0.717) is 35.7 Å². The van der Waals surface area contributed by atoms with E-state index in [-0.39, 0.29) is 21.8 Å². The Kier molecular flexibility index (Phi) is 5.86. The number of nitrogens with one attached hydrogen (secondary N) is 1. The molecule has 0 saturated heterocycles. The lowest BCUT2D eigenvalue weighted by molar-refractivity contribution is 0.0733. The molecule has 9 heteroatoms. The highest BCUT2D eigenvalue weighted by atomic mass is 35.5. The highest BCUT2D eigenvalue weighted by molar-refractivity contribution is 7.92. The van der Waals surface area contributed by atoms with Gasteiger partial charge in [-0.15, -0.1) is 0 Å². The minimum atomic E-state index is -3.96. The summed E-state index contributed by atoms with van der Waals surface area (Å²) >= 11 is 5.91. The van der Waals surface area contributed by atoms with Gasteiger partial charge in [-0.3, -0.25) is 13.9 Å². The molecule has 1 N–H and O–H groups in total. The molecule has 5 rings (SSSR count). The maximum Gasteiger partial charge on any atom is 0.264 e. The fourth-order valence-corrected chi connectivity index (χ4v) is 5.65. The minimum Gasteiger partial charge on any atom is -0.360 e. The number of benzene rings is 3. The number of aromatic nitrogens is 1. The van der Waals surface area contributed by atoms with E-state index in [4.69, 9.17) is 11.6 Å². The van der Waals surface area contributed by atoms with Gasteiger partial charge in [0.2, 0.25) is 5.43 Å². The number of pyridine rings is 1. The number of rotatable bonds is 4. The van der Waals surface area contributed by atoms with Gasteiger partial charge in [0.1, 0.15) is 5.56 Å². The number of carbonyl (C=O) groups excluding carboxylic acids is 1. The van der Waals surface area contributed by atoms with E-state index < -0.39 is 15.5 Å². The number of hydrogen-bond donors (Lipinski definition) is 1. The number of carbonyl (C=O) groups is 1. The van der Waals surface area contributed by atoms with Crippen LogP contribution in [-0.4, -0.2) is 37.8 Å². The van der Waals surface area contributed by atoms with Gasteiger partial charge in [0.05, 0.1) is 10.6 Å². The Hall–Kier alpha value is -3.62. The van der Waals surface area contributed by atoms with Gasteiger partial charge < -0.3 is 9.88 Å². The highest BCUT2D eigenvalue weighted by Crippen LogP contribution is 2.25. The summed E-state index contributed by atoms with van der Waals surface area (Å²) < 4.78 is 27.6. The normalized spacial score (nSPS) is 13.5. The molecule has 4 aromatic rings. The van der Waals surface area contributed by atoms with Crippen molar-refractivity contribution in [3.8, 4) is 0 Å². The van der Waals surface area contributed by atoms with Crippen LogP contribution < -0.4 is 9.73 Å². The molecular weight excluding hydrogens is 486 g/mol. The van der Waals surface area contributed by atoms with Gasteiger partial charge in [-0.2, -0.15) is 0 Å². The van der Waals surface area contributed by atoms with Gasteiger partial charge in [0.25, 0.3) is 15.9 Å². The molecule has 3 aromatic carbocycles. The maximum atomic E-state index is 13.3. The van der Waals surface area contributed by atoms with E-state index in [1.54, 1.807) is 29.2 Å². The fraction of sp³-hybridized carbons (Fsp3) is 0.154. The first-order chi connectivity index (χ1) is 16.8. The smallest absolute Gasteiger partial charge is 0.264 e. The van der Waals surface area contributed by atoms with Crippen molar-refractivity contribution < 1.29 is 13.2 Å². The fourth-order valence-electron chi connectivity index (χ4n) is 4.30. The van der Waals surface area contributed by atoms with Crippen molar-refractivity contribution in [2.75, 3.05) is 17.9 Å². The van der Waals surface area contributed by atoms with Gasteiger partial charge in [-0.25, -0.2) is 8.42 Å². The second-order valence-corrected chi connectivity index (χ2v) is 10.8. The number of amides is 1. The van der Waals surface area contributed by atoms with Gasteiger partial charge in [-0.05, 0) is 60.0 Å². The summed E-state index contributed by atoms with van der Waals surface area (Å²) in [6.07, 6.45) is 2.12. The summed E-state index contributed by atoms with van der Waals surface area (Å²) in [5.74, 6) is -0.380. The van der Waals surface area contributed by atoms with Crippen LogP contribution in [-0.2, 0) is 23.0 Å². The van der Waals surface area contributed by atoms with Crippen LogP contribution in [0.1, 0.15) is 21.5 Å². The van der Waals surface area contributed by atoms with Crippen LogP contribution >= 0.6 is 11.6 Å². The molecule has 1 aromatic heterocycles. The molecule has 0 radical (unpaired) electrons. The summed E-state index contributed by atoms with van der Waals surface area (Å²) in [7, 11) is -2.53. The zero-order chi connectivity index (χ0) is 24.7. The van der Waals surface area contributed by atoms with E-state index in [1.165, 1.54) is 37.0 Å². The lowest BCUT2D eigenvalue weighted by Gasteiger charge is -2.28. The number of fused-ring (bicyclic) bond motifs is 2. The Morgan fingerprint density at radius 3 is 2.49 bits per heavy atom. The van der Waals surface area contributed by atoms with Gasteiger partial charge >= 0.3 is 0 Å². The summed E-state index contributed by atoms with van der Waals surface area (Å²) in [6, 6.07) is 18.6. The van der Waals surface area contributed by atoms with Crippen LogP contribution in [0.4, 0.5) is 5.69 Å². The molecule has 35 heavy (non-hydrogen) atoms. The van der Waals surface area contributed by atoms with Crippen LogP contribution in [0, 0.1) is 0 Å². The number of nitrogens with zero attached hydrogens (tertiary/aromatic N) is 2. The lowest BCUT2D eigenvalue weighted by atomic mass is 9.99. The second kappa shape index (κ2) is 8.87. The zero-order valence-corrected chi connectivity index (χ0v) is 20.4. The van der Waals surface area contributed by atoms with Crippen molar-refractivity contribution in [1.82, 2.24) is 9.88 Å². The second-order valence-electron chi connectivity index (χ2n) is 8.43. The van der Waals surface area contributed by atoms with Crippen molar-refractivity contribution in [1.29, 1.82) is 0 Å². The molecule has 1 aliphatic rings. The average Bonchev–Trinajstić information content (AvgIpc) is 2.88. The number of halogens is 1. The van der Waals surface area contributed by atoms with Crippen LogP contribution in [0.25, 0.3) is 10.9 Å². The van der Waals surface area contributed by atoms with E-state index in [9.17, 15) is 18.0 Å². The molecular formula is C26H22ClN3O4S. The molecule has 1 aliphatic heterocycles. The van der Waals surface area contributed by atoms with Crippen LogP contribution in [0.15, 0.2) is 82.6 Å². The average molecular weight is 508 g/mol. The maximum absolute atomic E-state index is 13.3. The number of hydrogen-bond acceptors (Lipinski definition) is 4. The van der Waals surface area contributed by atoms with Crippen LogP contribution in [0.2, 0.25) is 5.02 Å². The largest absolute Gasteiger partial charge is 0.360 e. The SMILES string of the molecule is CN(c1ccc(Cl)cc1)S(=O)(=O)c1ccc2[nH]cc(C(=O)N3CCc4ccccc4C3)c(=O)c2c1. The van der Waals surface area contributed by atoms with Gasteiger partial charge in [-0.1, -0.05) is 35.9 Å². The molecule has 0 fully saturated rings. The van der Waals surface area contributed by atoms with Crippen molar-refractivity contribution in [2.24, 2.45) is 0 Å². The Balaban J connectivity index is 1.50. The number of H-pyrrole nitrogens is 1. The van der Waals surface area contributed by atoms with Crippen molar-refractivity contribution >= 4 is 44.1 Å².